The molecule has 4 rings (SSSR count). The van der Waals surface area contributed by atoms with Gasteiger partial charge in [-0.05, 0) is 48.7 Å². The zero-order chi connectivity index (χ0) is 21.5. The molecule has 2 N–H and O–H groups in total. The largest absolute Gasteiger partial charge is 0.478 e. The fourth-order valence-electron chi connectivity index (χ4n) is 3.23. The van der Waals surface area contributed by atoms with Crippen LogP contribution in [-0.2, 0) is 16.0 Å². The number of ether oxygens (including phenoxy) is 1. The molecule has 0 aliphatic heterocycles. The van der Waals surface area contributed by atoms with Crippen LogP contribution in [0, 0.1) is 5.82 Å². The summed E-state index contributed by atoms with van der Waals surface area (Å²) >= 11 is 0. The van der Waals surface area contributed by atoms with Gasteiger partial charge in [0, 0.05) is 30.1 Å². The van der Waals surface area contributed by atoms with Crippen molar-refractivity contribution >= 4 is 11.9 Å². The molecule has 154 valence electrons. The maximum atomic E-state index is 13.0. The lowest BCUT2D eigenvalue weighted by Crippen LogP contribution is -2.04. The van der Waals surface area contributed by atoms with Gasteiger partial charge in [-0.15, -0.1) is 0 Å². The Kier molecular flexibility index (Phi) is 6.59. The summed E-state index contributed by atoms with van der Waals surface area (Å²) in [7, 11) is 0. The third kappa shape index (κ3) is 5.32. The van der Waals surface area contributed by atoms with Crippen molar-refractivity contribution in [3.8, 4) is 11.5 Å². The molecule has 8 heteroatoms. The summed E-state index contributed by atoms with van der Waals surface area (Å²) in [5.74, 6) is -1.27. The maximum absolute atomic E-state index is 13.0. The van der Waals surface area contributed by atoms with Gasteiger partial charge in [-0.1, -0.05) is 12.1 Å². The second-order valence-corrected chi connectivity index (χ2v) is 6.45. The molecule has 1 aromatic heterocycles. The molecule has 1 aliphatic rings. The van der Waals surface area contributed by atoms with Crippen LogP contribution in [0.1, 0.15) is 23.6 Å². The van der Waals surface area contributed by atoms with Gasteiger partial charge in [0.2, 0.25) is 0 Å². The molecule has 0 saturated heterocycles. The molecular formula is C22H19FN2O5. The first-order valence-corrected chi connectivity index (χ1v) is 9.10. The lowest BCUT2D eigenvalue weighted by molar-refractivity contribution is -0.134. The number of fused-ring (bicyclic) bond motifs is 1. The zero-order valence-corrected chi connectivity index (χ0v) is 15.8. The highest BCUT2D eigenvalue weighted by Crippen LogP contribution is 2.40. The van der Waals surface area contributed by atoms with E-state index in [0.29, 0.717) is 23.9 Å². The van der Waals surface area contributed by atoms with Crippen LogP contribution in [0.25, 0.3) is 0 Å². The van der Waals surface area contributed by atoms with Crippen molar-refractivity contribution in [2.24, 2.45) is 0 Å². The lowest BCUT2D eigenvalue weighted by Gasteiger charge is -2.14. The molecule has 1 atom stereocenters. The highest BCUT2D eigenvalue weighted by Gasteiger charge is 2.26. The third-order valence-corrected chi connectivity index (χ3v) is 4.49. The number of nitrogens with zero attached hydrogens (tertiary/aromatic N) is 2. The van der Waals surface area contributed by atoms with E-state index < -0.39 is 11.9 Å². The van der Waals surface area contributed by atoms with Crippen molar-refractivity contribution in [3.63, 3.8) is 0 Å². The molecule has 30 heavy (non-hydrogen) atoms. The minimum atomic E-state index is -1.26. The van der Waals surface area contributed by atoms with Gasteiger partial charge in [-0.2, -0.15) is 0 Å². The molecule has 3 aromatic rings. The lowest BCUT2D eigenvalue weighted by atomic mass is 10.1. The van der Waals surface area contributed by atoms with Crippen LogP contribution in [0.5, 0.6) is 11.5 Å². The maximum Gasteiger partial charge on any atom is 0.328 e. The van der Waals surface area contributed by atoms with Gasteiger partial charge in [-0.3, -0.25) is 0 Å². The molecular weight excluding hydrogens is 391 g/mol. The van der Waals surface area contributed by atoms with Gasteiger partial charge in [0.15, 0.2) is 0 Å². The number of rotatable bonds is 5. The predicted molar refractivity (Wildman–Crippen MR) is 106 cm³/mol. The average Bonchev–Trinajstić information content (AvgIpc) is 3.38. The van der Waals surface area contributed by atoms with Crippen LogP contribution >= 0.6 is 0 Å². The first kappa shape index (κ1) is 20.8. The summed E-state index contributed by atoms with van der Waals surface area (Å²) in [6.07, 6.45) is 8.77. The summed E-state index contributed by atoms with van der Waals surface area (Å²) in [4.78, 5) is 23.2. The van der Waals surface area contributed by atoms with Crippen molar-refractivity contribution in [1.82, 2.24) is 9.55 Å². The molecule has 0 radical (unpaired) electrons. The highest BCUT2D eigenvalue weighted by atomic mass is 19.1. The van der Waals surface area contributed by atoms with Crippen molar-refractivity contribution in [2.75, 3.05) is 0 Å². The van der Waals surface area contributed by atoms with Crippen LogP contribution in [0.2, 0.25) is 0 Å². The van der Waals surface area contributed by atoms with E-state index in [0.717, 1.165) is 18.6 Å². The van der Waals surface area contributed by atoms with E-state index in [4.69, 9.17) is 14.9 Å². The van der Waals surface area contributed by atoms with Crippen molar-refractivity contribution in [3.05, 3.63) is 90.3 Å². The normalized spacial score (nSPS) is 14.6. The number of hydrogen-bond donors (Lipinski definition) is 2. The van der Waals surface area contributed by atoms with Gasteiger partial charge >= 0.3 is 11.9 Å². The number of carboxylic acids is 2. The van der Waals surface area contributed by atoms with Gasteiger partial charge in [0.1, 0.15) is 17.3 Å². The Morgan fingerprint density at radius 1 is 1.10 bits per heavy atom. The molecule has 0 saturated carbocycles. The zero-order valence-electron chi connectivity index (χ0n) is 15.8. The molecule has 7 nitrogen and oxygen atoms in total. The number of carbonyl (C=O) groups is 2. The minimum Gasteiger partial charge on any atom is -0.478 e. The summed E-state index contributed by atoms with van der Waals surface area (Å²) < 4.78 is 21.1. The van der Waals surface area contributed by atoms with Crippen molar-refractivity contribution < 1.29 is 28.9 Å². The summed E-state index contributed by atoms with van der Waals surface area (Å²) in [5, 5.41) is 15.6. The van der Waals surface area contributed by atoms with Crippen LogP contribution in [-0.4, -0.2) is 31.7 Å². The first-order valence-electron chi connectivity index (χ1n) is 9.10. The van der Waals surface area contributed by atoms with Gasteiger partial charge < -0.3 is 19.5 Å². The Morgan fingerprint density at radius 3 is 2.40 bits per heavy atom. The van der Waals surface area contributed by atoms with Crippen LogP contribution < -0.4 is 4.74 Å². The summed E-state index contributed by atoms with van der Waals surface area (Å²) in [6.45, 7) is 0. The van der Waals surface area contributed by atoms with Crippen molar-refractivity contribution in [2.45, 2.75) is 18.9 Å². The number of imidazole rings is 1. The SMILES string of the molecule is Fc1ccc(Oc2cccc3c2CCC3n2ccnc2)cc1.O=C(O)/C=C/C(=O)O. The molecule has 2 aromatic carbocycles. The van der Waals surface area contributed by atoms with Gasteiger partial charge in [-0.25, -0.2) is 19.0 Å². The van der Waals surface area contributed by atoms with E-state index in [-0.39, 0.29) is 5.82 Å². The summed E-state index contributed by atoms with van der Waals surface area (Å²) in [6, 6.07) is 12.6. The van der Waals surface area contributed by atoms with Crippen LogP contribution in [0.15, 0.2) is 73.3 Å². The van der Waals surface area contributed by atoms with Crippen molar-refractivity contribution in [1.29, 1.82) is 0 Å². The van der Waals surface area contributed by atoms with Gasteiger partial charge in [0.05, 0.1) is 12.4 Å². The van der Waals surface area contributed by atoms with E-state index >= 15 is 0 Å². The van der Waals surface area contributed by atoms with E-state index in [2.05, 4.69) is 15.6 Å². The molecule has 0 amide bonds. The highest BCUT2D eigenvalue weighted by molar-refractivity contribution is 5.89. The van der Waals surface area contributed by atoms with Gasteiger partial charge in [0.25, 0.3) is 0 Å². The first-order chi connectivity index (χ1) is 14.4. The fourth-order valence-corrected chi connectivity index (χ4v) is 3.23. The average molecular weight is 410 g/mol. The number of aliphatic carboxylic acids is 2. The summed E-state index contributed by atoms with van der Waals surface area (Å²) in [5.41, 5.74) is 2.50. The molecule has 0 spiro atoms. The molecule has 0 fully saturated rings. The number of halogens is 1. The molecule has 1 heterocycles. The Morgan fingerprint density at radius 2 is 1.80 bits per heavy atom. The van der Waals surface area contributed by atoms with E-state index in [1.165, 1.54) is 23.3 Å². The van der Waals surface area contributed by atoms with E-state index in [1.54, 1.807) is 18.3 Å². The molecule has 1 aliphatic carbocycles. The number of aromatic nitrogens is 2. The predicted octanol–water partition coefficient (Wildman–Crippen LogP) is 4.06. The standard InChI is InChI=1S/C18H15FN2O.C4H4O4/c19-13-4-6-14(7-5-13)22-18-3-1-2-15-16(18)8-9-17(15)21-11-10-20-12-21;5-3(6)1-2-4(7)8/h1-7,10-12,17H,8-9H2;1-2H,(H,5,6)(H,7,8)/b;2-1+. The Labute approximate surface area is 171 Å². The van der Waals surface area contributed by atoms with Crippen LogP contribution in [0.4, 0.5) is 4.39 Å². The molecule has 1 unspecified atom stereocenters. The third-order valence-electron chi connectivity index (χ3n) is 4.49. The number of benzene rings is 2. The quantitative estimate of drug-likeness (QED) is 0.615. The second kappa shape index (κ2) is 9.51. The topological polar surface area (TPSA) is 102 Å². The van der Waals surface area contributed by atoms with E-state index in [1.807, 2.05) is 24.7 Å². The smallest absolute Gasteiger partial charge is 0.328 e. The number of carboxylic acid groups (broad SMARTS) is 2. The van der Waals surface area contributed by atoms with Crippen LogP contribution in [0.3, 0.4) is 0 Å². The Balaban J connectivity index is 0.000000275. The Hall–Kier alpha value is -3.94. The van der Waals surface area contributed by atoms with E-state index in [9.17, 15) is 14.0 Å². The second-order valence-electron chi connectivity index (χ2n) is 6.45. The monoisotopic (exact) mass is 410 g/mol. The number of hydrogen-bond acceptors (Lipinski definition) is 4. The molecule has 0 bridgehead atoms. The Bertz CT molecular complexity index is 1030. The minimum absolute atomic E-state index is 0.259. The fraction of sp³-hybridized carbons (Fsp3) is 0.136.